The van der Waals surface area contributed by atoms with Gasteiger partial charge in [0, 0.05) is 5.39 Å². The van der Waals surface area contributed by atoms with Crippen LogP contribution in [-0.4, -0.2) is 0 Å². The lowest BCUT2D eigenvalue weighted by atomic mass is 9.78. The smallest absolute Gasteiger partial charge is 0.144 e. The van der Waals surface area contributed by atoms with Crippen molar-refractivity contribution in [2.75, 3.05) is 0 Å². The summed E-state index contributed by atoms with van der Waals surface area (Å²) in [5, 5.41) is 10.3. The molecule has 0 atom stereocenters. The van der Waals surface area contributed by atoms with E-state index in [0.717, 1.165) is 42.2 Å². The van der Waals surface area contributed by atoms with Gasteiger partial charge >= 0.3 is 0 Å². The Balaban J connectivity index is 1.36. The lowest BCUT2D eigenvalue weighted by molar-refractivity contribution is 0.254. The highest BCUT2D eigenvalue weighted by atomic mass is 19.1. The number of nitriles is 1. The fourth-order valence-electron chi connectivity index (χ4n) is 5.42. The Morgan fingerprint density at radius 1 is 0.829 bits per heavy atom. The van der Waals surface area contributed by atoms with Gasteiger partial charge in [0.15, 0.2) is 0 Å². The summed E-state index contributed by atoms with van der Waals surface area (Å²) in [6.45, 7) is 3.83. The molecular formula is C31H32F3N. The van der Waals surface area contributed by atoms with Crippen molar-refractivity contribution in [2.45, 2.75) is 64.2 Å². The molecule has 1 aliphatic carbocycles. The minimum Gasteiger partial charge on any atom is -0.206 e. The molecule has 0 N–H and O–H groups in total. The normalized spacial score (nSPS) is 17.9. The highest BCUT2D eigenvalue weighted by molar-refractivity contribution is 5.84. The Morgan fingerprint density at radius 3 is 2.17 bits per heavy atom. The van der Waals surface area contributed by atoms with Gasteiger partial charge in [0.2, 0.25) is 0 Å². The van der Waals surface area contributed by atoms with E-state index in [4.69, 9.17) is 5.26 Å². The van der Waals surface area contributed by atoms with E-state index in [9.17, 15) is 8.78 Å². The monoisotopic (exact) mass is 475 g/mol. The lowest BCUT2D eigenvalue weighted by Crippen LogP contribution is -2.15. The van der Waals surface area contributed by atoms with Crippen LogP contribution in [0.15, 0.2) is 55.1 Å². The Labute approximate surface area is 206 Å². The lowest BCUT2D eigenvalue weighted by Gasteiger charge is -2.28. The Bertz CT molecular complexity index is 1210. The van der Waals surface area contributed by atoms with Crippen LogP contribution in [0.5, 0.6) is 0 Å². The molecule has 0 aliphatic heterocycles. The second-order valence-corrected chi connectivity index (χ2v) is 9.93. The summed E-state index contributed by atoms with van der Waals surface area (Å²) in [6.07, 6.45) is 12.5. The van der Waals surface area contributed by atoms with Crippen molar-refractivity contribution in [1.29, 1.82) is 5.26 Å². The molecule has 4 heteroatoms. The van der Waals surface area contributed by atoms with Gasteiger partial charge in [0.1, 0.15) is 29.1 Å². The third kappa shape index (κ3) is 6.14. The van der Waals surface area contributed by atoms with Gasteiger partial charge in [-0.15, -0.1) is 6.58 Å². The van der Waals surface area contributed by atoms with Gasteiger partial charge in [-0.25, -0.2) is 13.2 Å². The molecule has 0 bridgehead atoms. The van der Waals surface area contributed by atoms with Crippen LogP contribution in [0.3, 0.4) is 0 Å². The summed E-state index contributed by atoms with van der Waals surface area (Å²) in [7, 11) is 0. The van der Waals surface area contributed by atoms with Crippen molar-refractivity contribution < 1.29 is 13.2 Å². The minimum atomic E-state index is -0.880. The summed E-state index contributed by atoms with van der Waals surface area (Å²) >= 11 is 0. The Hall–Kier alpha value is -3.06. The maximum atomic E-state index is 15.2. The van der Waals surface area contributed by atoms with Crippen molar-refractivity contribution in [1.82, 2.24) is 0 Å². The van der Waals surface area contributed by atoms with Crippen LogP contribution >= 0.6 is 0 Å². The standard InChI is InChI=1S/C31H32F3N/c1-2-3-4-21-5-7-22(8-6-21)9-10-23-12-16-27-26(17-23)15-14-25(31(27)34)13-11-24-18-29(32)28(20-35)30(33)19-24/h2,12,14-19,21-22H,1,3-11,13H2. The zero-order chi connectivity index (χ0) is 24.8. The molecule has 0 saturated heterocycles. The van der Waals surface area contributed by atoms with Crippen molar-refractivity contribution in [3.63, 3.8) is 0 Å². The number of hydrogen-bond donors (Lipinski definition) is 0. The molecule has 1 aliphatic rings. The van der Waals surface area contributed by atoms with Gasteiger partial charge in [-0.2, -0.15) is 5.26 Å². The first kappa shape index (κ1) is 25.0. The number of rotatable bonds is 9. The van der Waals surface area contributed by atoms with Gasteiger partial charge in [-0.3, -0.25) is 0 Å². The summed E-state index contributed by atoms with van der Waals surface area (Å²) < 4.78 is 42.9. The molecule has 4 rings (SSSR count). The molecule has 0 heterocycles. The summed E-state index contributed by atoms with van der Waals surface area (Å²) in [6, 6.07) is 13.5. The number of aryl methyl sites for hydroxylation is 3. The summed E-state index contributed by atoms with van der Waals surface area (Å²) in [5.74, 6) is -0.398. The average Bonchev–Trinajstić information content (AvgIpc) is 2.86. The van der Waals surface area contributed by atoms with E-state index in [1.54, 1.807) is 6.07 Å². The molecule has 0 unspecified atom stereocenters. The molecule has 182 valence electrons. The second kappa shape index (κ2) is 11.6. The molecule has 3 aromatic rings. The fraction of sp³-hybridized carbons (Fsp3) is 0.387. The first-order chi connectivity index (χ1) is 17.0. The van der Waals surface area contributed by atoms with Crippen LogP contribution in [0.4, 0.5) is 13.2 Å². The SMILES string of the molecule is C=CCCC1CCC(CCc2ccc3c(F)c(CCc4cc(F)c(C#N)c(F)c4)ccc3c2)CC1. The van der Waals surface area contributed by atoms with Crippen LogP contribution in [0, 0.1) is 40.6 Å². The predicted octanol–water partition coefficient (Wildman–Crippen LogP) is 8.62. The van der Waals surface area contributed by atoms with Crippen molar-refractivity contribution in [2.24, 2.45) is 11.8 Å². The topological polar surface area (TPSA) is 23.8 Å². The van der Waals surface area contributed by atoms with Crippen LogP contribution in [0.1, 0.15) is 67.2 Å². The third-order valence-electron chi connectivity index (χ3n) is 7.58. The highest BCUT2D eigenvalue weighted by Crippen LogP contribution is 2.34. The zero-order valence-corrected chi connectivity index (χ0v) is 20.1. The molecule has 1 nitrogen and oxygen atoms in total. The van der Waals surface area contributed by atoms with Gasteiger partial charge < -0.3 is 0 Å². The Kier molecular flexibility index (Phi) is 8.29. The van der Waals surface area contributed by atoms with Gasteiger partial charge in [-0.05, 0) is 84.6 Å². The summed E-state index contributed by atoms with van der Waals surface area (Å²) in [4.78, 5) is 0. The van der Waals surface area contributed by atoms with E-state index in [0.29, 0.717) is 22.9 Å². The molecule has 0 amide bonds. The molecule has 1 fully saturated rings. The fourth-order valence-corrected chi connectivity index (χ4v) is 5.42. The Morgan fingerprint density at radius 2 is 1.51 bits per heavy atom. The first-order valence-corrected chi connectivity index (χ1v) is 12.7. The van der Waals surface area contributed by atoms with Gasteiger partial charge in [0.05, 0.1) is 0 Å². The van der Waals surface area contributed by atoms with E-state index >= 15 is 4.39 Å². The number of benzene rings is 3. The maximum absolute atomic E-state index is 15.2. The predicted molar refractivity (Wildman–Crippen MR) is 136 cm³/mol. The molecule has 35 heavy (non-hydrogen) atoms. The highest BCUT2D eigenvalue weighted by Gasteiger charge is 2.20. The van der Waals surface area contributed by atoms with Crippen LogP contribution in [0.2, 0.25) is 0 Å². The van der Waals surface area contributed by atoms with Gasteiger partial charge in [-0.1, -0.05) is 62.1 Å². The molecule has 0 aromatic heterocycles. The van der Waals surface area contributed by atoms with E-state index in [-0.39, 0.29) is 12.2 Å². The average molecular weight is 476 g/mol. The van der Waals surface area contributed by atoms with E-state index in [1.807, 2.05) is 24.3 Å². The van der Waals surface area contributed by atoms with Crippen molar-refractivity contribution >= 4 is 10.8 Å². The number of nitrogens with zero attached hydrogens (tertiary/aromatic N) is 1. The van der Waals surface area contributed by atoms with E-state index in [2.05, 4.69) is 12.6 Å². The maximum Gasteiger partial charge on any atom is 0.144 e. The number of allylic oxidation sites excluding steroid dienone is 1. The number of hydrogen-bond acceptors (Lipinski definition) is 1. The van der Waals surface area contributed by atoms with Crippen LogP contribution in [0.25, 0.3) is 10.8 Å². The number of halogens is 3. The molecule has 1 saturated carbocycles. The van der Waals surface area contributed by atoms with E-state index in [1.165, 1.54) is 50.2 Å². The molecular weight excluding hydrogens is 443 g/mol. The molecule has 0 spiro atoms. The van der Waals surface area contributed by atoms with E-state index < -0.39 is 17.2 Å². The van der Waals surface area contributed by atoms with Crippen molar-refractivity contribution in [3.8, 4) is 6.07 Å². The molecule has 0 radical (unpaired) electrons. The largest absolute Gasteiger partial charge is 0.206 e. The number of fused-ring (bicyclic) bond motifs is 1. The molecule has 3 aromatic carbocycles. The van der Waals surface area contributed by atoms with Gasteiger partial charge in [0.25, 0.3) is 0 Å². The van der Waals surface area contributed by atoms with Crippen molar-refractivity contribution in [3.05, 3.63) is 94.8 Å². The van der Waals surface area contributed by atoms with Crippen LogP contribution in [-0.2, 0) is 19.3 Å². The quantitative estimate of drug-likeness (QED) is 0.284. The van der Waals surface area contributed by atoms with Crippen LogP contribution < -0.4 is 0 Å². The third-order valence-corrected chi connectivity index (χ3v) is 7.58. The second-order valence-electron chi connectivity index (χ2n) is 9.93. The zero-order valence-electron chi connectivity index (χ0n) is 20.1. The first-order valence-electron chi connectivity index (χ1n) is 12.7. The summed E-state index contributed by atoms with van der Waals surface area (Å²) in [5.41, 5.74) is 1.58. The minimum absolute atomic E-state index is 0.276.